The molecule has 2 amide bonds. The topological polar surface area (TPSA) is 65.3 Å². The SMILES string of the molecule is Cc1cc(C(=O)N2CCN(C3=NC(=O)C4C=CC=CC4=N3)CC2)ccc1Br. The van der Waals surface area contributed by atoms with E-state index in [0.717, 1.165) is 15.7 Å². The van der Waals surface area contributed by atoms with Gasteiger partial charge in [-0.15, -0.1) is 0 Å². The molecular formula is C20H19BrN4O2. The van der Waals surface area contributed by atoms with Crippen molar-refractivity contribution in [3.05, 3.63) is 58.1 Å². The van der Waals surface area contributed by atoms with Crippen molar-refractivity contribution in [2.24, 2.45) is 15.9 Å². The number of fused-ring (bicyclic) bond motifs is 1. The lowest BCUT2D eigenvalue weighted by Gasteiger charge is -2.36. The van der Waals surface area contributed by atoms with Crippen LogP contribution in [0.5, 0.6) is 0 Å². The van der Waals surface area contributed by atoms with Gasteiger partial charge in [0.2, 0.25) is 5.96 Å². The summed E-state index contributed by atoms with van der Waals surface area (Å²) in [5.41, 5.74) is 2.46. The van der Waals surface area contributed by atoms with E-state index in [-0.39, 0.29) is 17.7 Å². The van der Waals surface area contributed by atoms with Crippen LogP contribution in [0.4, 0.5) is 0 Å². The lowest BCUT2D eigenvalue weighted by Crippen LogP contribution is -2.51. The van der Waals surface area contributed by atoms with Gasteiger partial charge in [-0.2, -0.15) is 4.99 Å². The first-order valence-corrected chi connectivity index (χ1v) is 9.68. The minimum absolute atomic E-state index is 0.0265. The Hall–Kier alpha value is -2.54. The van der Waals surface area contributed by atoms with E-state index in [4.69, 9.17) is 0 Å². The van der Waals surface area contributed by atoms with E-state index in [1.165, 1.54) is 0 Å². The van der Waals surface area contributed by atoms with Crippen LogP contribution in [-0.2, 0) is 4.79 Å². The molecule has 4 rings (SSSR count). The molecule has 138 valence electrons. The third-order valence-electron chi connectivity index (χ3n) is 4.96. The first-order valence-electron chi connectivity index (χ1n) is 8.89. The van der Waals surface area contributed by atoms with Gasteiger partial charge >= 0.3 is 0 Å². The summed E-state index contributed by atoms with van der Waals surface area (Å²) >= 11 is 3.46. The summed E-state index contributed by atoms with van der Waals surface area (Å²) in [5, 5.41) is 0. The third-order valence-corrected chi connectivity index (χ3v) is 5.85. The minimum atomic E-state index is -0.359. The number of benzene rings is 1. The average molecular weight is 427 g/mol. The van der Waals surface area contributed by atoms with E-state index < -0.39 is 0 Å². The average Bonchev–Trinajstić information content (AvgIpc) is 2.69. The van der Waals surface area contributed by atoms with Crippen LogP contribution in [-0.4, -0.2) is 59.5 Å². The Morgan fingerprint density at radius 2 is 1.93 bits per heavy atom. The molecular weight excluding hydrogens is 408 g/mol. The molecule has 1 fully saturated rings. The highest BCUT2D eigenvalue weighted by Crippen LogP contribution is 2.20. The van der Waals surface area contributed by atoms with Gasteiger partial charge in [0.25, 0.3) is 11.8 Å². The number of allylic oxidation sites excluding steroid dienone is 3. The van der Waals surface area contributed by atoms with Crippen molar-refractivity contribution in [3.63, 3.8) is 0 Å². The van der Waals surface area contributed by atoms with Crippen molar-refractivity contribution in [2.75, 3.05) is 26.2 Å². The number of rotatable bonds is 1. The van der Waals surface area contributed by atoms with E-state index in [0.29, 0.717) is 37.7 Å². The molecule has 0 spiro atoms. The molecule has 7 heteroatoms. The summed E-state index contributed by atoms with van der Waals surface area (Å²) in [6.45, 7) is 4.33. The van der Waals surface area contributed by atoms with Crippen molar-refractivity contribution >= 4 is 39.4 Å². The van der Waals surface area contributed by atoms with Gasteiger partial charge in [-0.25, -0.2) is 4.99 Å². The number of hydrogen-bond acceptors (Lipinski definition) is 4. The normalized spacial score (nSPS) is 21.7. The van der Waals surface area contributed by atoms with Crippen LogP contribution in [0.1, 0.15) is 15.9 Å². The van der Waals surface area contributed by atoms with Crippen LogP contribution in [0.3, 0.4) is 0 Å². The monoisotopic (exact) mass is 426 g/mol. The fourth-order valence-electron chi connectivity index (χ4n) is 3.37. The predicted molar refractivity (Wildman–Crippen MR) is 108 cm³/mol. The van der Waals surface area contributed by atoms with E-state index in [2.05, 4.69) is 25.9 Å². The van der Waals surface area contributed by atoms with Crippen LogP contribution in [0.25, 0.3) is 0 Å². The number of nitrogens with zero attached hydrogens (tertiary/aromatic N) is 4. The zero-order valence-corrected chi connectivity index (χ0v) is 16.5. The molecule has 0 aromatic heterocycles. The summed E-state index contributed by atoms with van der Waals surface area (Å²) in [6, 6.07) is 5.64. The highest BCUT2D eigenvalue weighted by molar-refractivity contribution is 9.10. The van der Waals surface area contributed by atoms with Crippen LogP contribution in [0.2, 0.25) is 0 Å². The van der Waals surface area contributed by atoms with Gasteiger partial charge in [0, 0.05) is 36.2 Å². The van der Waals surface area contributed by atoms with Gasteiger partial charge in [0.1, 0.15) is 5.92 Å². The fourth-order valence-corrected chi connectivity index (χ4v) is 3.61. The summed E-state index contributed by atoms with van der Waals surface area (Å²) in [6.07, 6.45) is 7.39. The zero-order chi connectivity index (χ0) is 19.0. The maximum Gasteiger partial charge on any atom is 0.261 e. The molecule has 0 saturated carbocycles. The van der Waals surface area contributed by atoms with Crippen LogP contribution in [0, 0.1) is 12.8 Å². The summed E-state index contributed by atoms with van der Waals surface area (Å²) in [7, 11) is 0. The lowest BCUT2D eigenvalue weighted by molar-refractivity contribution is -0.118. The molecule has 0 radical (unpaired) electrons. The van der Waals surface area contributed by atoms with Crippen molar-refractivity contribution in [3.8, 4) is 0 Å². The number of piperazine rings is 1. The van der Waals surface area contributed by atoms with Gasteiger partial charge < -0.3 is 9.80 Å². The molecule has 0 N–H and O–H groups in total. The maximum absolute atomic E-state index is 12.7. The van der Waals surface area contributed by atoms with E-state index in [9.17, 15) is 9.59 Å². The number of aryl methyl sites for hydroxylation is 1. The molecule has 1 unspecified atom stereocenters. The molecule has 1 saturated heterocycles. The van der Waals surface area contributed by atoms with Gasteiger partial charge in [0.15, 0.2) is 0 Å². The van der Waals surface area contributed by atoms with E-state index >= 15 is 0 Å². The number of carbonyl (C=O) groups excluding carboxylic acids is 2. The second-order valence-electron chi connectivity index (χ2n) is 6.75. The molecule has 1 aliphatic carbocycles. The smallest absolute Gasteiger partial charge is 0.261 e. The fraction of sp³-hybridized carbons (Fsp3) is 0.300. The minimum Gasteiger partial charge on any atom is -0.337 e. The Morgan fingerprint density at radius 3 is 2.67 bits per heavy atom. The van der Waals surface area contributed by atoms with Crippen molar-refractivity contribution in [2.45, 2.75) is 6.92 Å². The Morgan fingerprint density at radius 1 is 1.15 bits per heavy atom. The van der Waals surface area contributed by atoms with E-state index in [1.807, 2.05) is 59.2 Å². The zero-order valence-electron chi connectivity index (χ0n) is 14.9. The number of amides is 2. The molecule has 3 aliphatic rings. The first kappa shape index (κ1) is 17.9. The number of halogens is 1. The van der Waals surface area contributed by atoms with Crippen LogP contribution < -0.4 is 0 Å². The number of guanidine groups is 1. The Bertz CT molecular complexity index is 924. The third kappa shape index (κ3) is 3.51. The van der Waals surface area contributed by atoms with E-state index in [1.54, 1.807) is 0 Å². The molecule has 6 nitrogen and oxygen atoms in total. The summed E-state index contributed by atoms with van der Waals surface area (Å²) in [5.74, 6) is -0.0573. The van der Waals surface area contributed by atoms with Crippen LogP contribution in [0.15, 0.2) is 57.0 Å². The van der Waals surface area contributed by atoms with Crippen molar-refractivity contribution in [1.82, 2.24) is 9.80 Å². The number of aliphatic imine (C=N–C) groups is 2. The lowest BCUT2D eigenvalue weighted by atomic mass is 9.97. The Balaban J connectivity index is 1.43. The largest absolute Gasteiger partial charge is 0.337 e. The number of carbonyl (C=O) groups is 2. The highest BCUT2D eigenvalue weighted by Gasteiger charge is 2.30. The van der Waals surface area contributed by atoms with Gasteiger partial charge in [-0.3, -0.25) is 9.59 Å². The molecule has 1 aromatic rings. The molecule has 1 aromatic carbocycles. The van der Waals surface area contributed by atoms with Gasteiger partial charge in [0.05, 0.1) is 5.71 Å². The molecule has 2 aliphatic heterocycles. The summed E-state index contributed by atoms with van der Waals surface area (Å²) in [4.78, 5) is 37.5. The predicted octanol–water partition coefficient (Wildman–Crippen LogP) is 2.59. The van der Waals surface area contributed by atoms with Crippen molar-refractivity contribution < 1.29 is 9.59 Å². The standard InChI is InChI=1S/C20H19BrN4O2/c1-13-12-14(6-7-16(13)21)19(27)24-8-10-25(11-9-24)20-22-17-5-3-2-4-15(17)18(26)23-20/h2-7,12,15H,8-11H2,1H3. The summed E-state index contributed by atoms with van der Waals surface area (Å²) < 4.78 is 0.993. The van der Waals surface area contributed by atoms with Crippen LogP contribution >= 0.6 is 15.9 Å². The number of hydrogen-bond donors (Lipinski definition) is 0. The molecule has 2 heterocycles. The molecule has 0 bridgehead atoms. The van der Waals surface area contributed by atoms with Gasteiger partial charge in [-0.1, -0.05) is 34.2 Å². The van der Waals surface area contributed by atoms with Gasteiger partial charge in [-0.05, 0) is 36.8 Å². The first-order chi connectivity index (χ1) is 13.0. The Kier molecular flexibility index (Phi) is 4.78. The second kappa shape index (κ2) is 7.23. The highest BCUT2D eigenvalue weighted by atomic mass is 79.9. The Labute approximate surface area is 166 Å². The quantitative estimate of drug-likeness (QED) is 0.692. The second-order valence-corrected chi connectivity index (χ2v) is 7.61. The maximum atomic E-state index is 12.7. The van der Waals surface area contributed by atoms with Crippen molar-refractivity contribution in [1.29, 1.82) is 0 Å². The molecule has 27 heavy (non-hydrogen) atoms. The molecule has 1 atom stereocenters.